The Hall–Kier alpha value is -2.29. The molecule has 0 aliphatic heterocycles. The summed E-state index contributed by atoms with van der Waals surface area (Å²) < 4.78 is 17.0. The predicted molar refractivity (Wildman–Crippen MR) is 110 cm³/mol. The van der Waals surface area contributed by atoms with Crippen molar-refractivity contribution in [2.75, 3.05) is 20.8 Å². The van der Waals surface area contributed by atoms with Crippen molar-refractivity contribution in [3.05, 3.63) is 51.1 Å². The Morgan fingerprint density at radius 1 is 1.19 bits per heavy atom. The molecular formula is C19H21IN2O4. The molecule has 0 heterocycles. The standard InChI is InChI=1S/C19H21IN2O4/c1-4-9-26-15-7-5-14(6-8-15)19(23)22-21-12-13-10-16(20)18(25-3)17(11-13)24-2/h5-8,10-12H,4,9H2,1-3H3,(H,22,23)/b21-12+. The van der Waals surface area contributed by atoms with Gasteiger partial charge in [0.2, 0.25) is 0 Å². The highest BCUT2D eigenvalue weighted by Crippen LogP contribution is 2.32. The lowest BCUT2D eigenvalue weighted by Gasteiger charge is -2.10. The summed E-state index contributed by atoms with van der Waals surface area (Å²) in [6.07, 6.45) is 2.49. The molecule has 2 aromatic rings. The number of amides is 1. The van der Waals surface area contributed by atoms with Crippen LogP contribution in [0.4, 0.5) is 0 Å². The maximum atomic E-state index is 12.1. The summed E-state index contributed by atoms with van der Waals surface area (Å²) in [6, 6.07) is 10.6. The van der Waals surface area contributed by atoms with Crippen LogP contribution in [0.5, 0.6) is 17.2 Å². The van der Waals surface area contributed by atoms with Crippen LogP contribution in [0, 0.1) is 3.57 Å². The molecule has 26 heavy (non-hydrogen) atoms. The van der Waals surface area contributed by atoms with Gasteiger partial charge in [-0.05, 0) is 71.0 Å². The number of hydrogen-bond donors (Lipinski definition) is 1. The van der Waals surface area contributed by atoms with Gasteiger partial charge in [-0.15, -0.1) is 0 Å². The Kier molecular flexibility index (Phi) is 7.71. The van der Waals surface area contributed by atoms with E-state index in [2.05, 4.69) is 33.1 Å². The molecule has 0 saturated carbocycles. The van der Waals surface area contributed by atoms with Crippen molar-refractivity contribution in [2.24, 2.45) is 5.10 Å². The van der Waals surface area contributed by atoms with E-state index < -0.39 is 0 Å². The first kappa shape index (κ1) is 20.0. The second-order valence-electron chi connectivity index (χ2n) is 5.31. The minimum absolute atomic E-state index is 0.293. The molecule has 2 rings (SSSR count). The number of hydrazone groups is 1. The van der Waals surface area contributed by atoms with Crippen molar-refractivity contribution in [1.82, 2.24) is 5.43 Å². The zero-order valence-electron chi connectivity index (χ0n) is 14.9. The van der Waals surface area contributed by atoms with E-state index in [0.717, 1.165) is 21.3 Å². The van der Waals surface area contributed by atoms with E-state index in [1.807, 2.05) is 13.0 Å². The van der Waals surface area contributed by atoms with Crippen LogP contribution in [0.3, 0.4) is 0 Å². The summed E-state index contributed by atoms with van der Waals surface area (Å²) in [5, 5.41) is 4.01. The molecule has 0 spiro atoms. The lowest BCUT2D eigenvalue weighted by atomic mass is 10.2. The molecule has 0 atom stereocenters. The Morgan fingerprint density at radius 2 is 1.92 bits per heavy atom. The van der Waals surface area contributed by atoms with Crippen LogP contribution in [0.2, 0.25) is 0 Å². The normalized spacial score (nSPS) is 10.6. The number of nitrogens with zero attached hydrogens (tertiary/aromatic N) is 1. The van der Waals surface area contributed by atoms with E-state index in [4.69, 9.17) is 14.2 Å². The zero-order chi connectivity index (χ0) is 18.9. The molecule has 138 valence electrons. The van der Waals surface area contributed by atoms with E-state index in [1.165, 1.54) is 0 Å². The van der Waals surface area contributed by atoms with Crippen molar-refractivity contribution < 1.29 is 19.0 Å². The summed E-state index contributed by atoms with van der Waals surface area (Å²) >= 11 is 2.16. The summed E-state index contributed by atoms with van der Waals surface area (Å²) in [6.45, 7) is 2.69. The van der Waals surface area contributed by atoms with Gasteiger partial charge >= 0.3 is 0 Å². The minimum atomic E-state index is -0.293. The minimum Gasteiger partial charge on any atom is -0.494 e. The highest BCUT2D eigenvalue weighted by Gasteiger charge is 2.10. The molecule has 0 bridgehead atoms. The summed E-state index contributed by atoms with van der Waals surface area (Å²) in [5.74, 6) is 1.72. The van der Waals surface area contributed by atoms with E-state index in [9.17, 15) is 4.79 Å². The van der Waals surface area contributed by atoms with Gasteiger partial charge in [-0.3, -0.25) is 4.79 Å². The van der Waals surface area contributed by atoms with Gasteiger partial charge in [0.15, 0.2) is 11.5 Å². The van der Waals surface area contributed by atoms with Gasteiger partial charge in [-0.1, -0.05) is 6.92 Å². The van der Waals surface area contributed by atoms with Gasteiger partial charge in [0.05, 0.1) is 30.6 Å². The fraction of sp³-hybridized carbons (Fsp3) is 0.263. The van der Waals surface area contributed by atoms with Gasteiger partial charge in [0, 0.05) is 5.56 Å². The predicted octanol–water partition coefficient (Wildman–Crippen LogP) is 3.86. The second-order valence-corrected chi connectivity index (χ2v) is 6.47. The zero-order valence-corrected chi connectivity index (χ0v) is 17.1. The number of carbonyl (C=O) groups is 1. The van der Waals surface area contributed by atoms with E-state index in [0.29, 0.717) is 23.7 Å². The molecule has 7 heteroatoms. The van der Waals surface area contributed by atoms with Gasteiger partial charge in [0.25, 0.3) is 5.91 Å². The lowest BCUT2D eigenvalue weighted by Crippen LogP contribution is -2.17. The van der Waals surface area contributed by atoms with Crippen molar-refractivity contribution in [3.8, 4) is 17.2 Å². The van der Waals surface area contributed by atoms with Crippen molar-refractivity contribution in [1.29, 1.82) is 0 Å². The van der Waals surface area contributed by atoms with Crippen LogP contribution < -0.4 is 19.6 Å². The smallest absolute Gasteiger partial charge is 0.271 e. The Labute approximate surface area is 166 Å². The first-order valence-corrected chi connectivity index (χ1v) is 9.14. The van der Waals surface area contributed by atoms with Crippen molar-refractivity contribution in [3.63, 3.8) is 0 Å². The van der Waals surface area contributed by atoms with E-state index in [-0.39, 0.29) is 5.91 Å². The molecular weight excluding hydrogens is 447 g/mol. The highest BCUT2D eigenvalue weighted by atomic mass is 127. The largest absolute Gasteiger partial charge is 0.494 e. The fourth-order valence-corrected chi connectivity index (χ4v) is 3.01. The topological polar surface area (TPSA) is 69.2 Å². The highest BCUT2D eigenvalue weighted by molar-refractivity contribution is 14.1. The number of carbonyl (C=O) groups excluding carboxylic acids is 1. The summed E-state index contributed by atoms with van der Waals surface area (Å²) in [5.41, 5.74) is 3.81. The fourth-order valence-electron chi connectivity index (χ4n) is 2.16. The molecule has 0 saturated heterocycles. The Bertz CT molecular complexity index is 776. The first-order valence-electron chi connectivity index (χ1n) is 8.06. The molecule has 2 aromatic carbocycles. The Balaban J connectivity index is 2.01. The van der Waals surface area contributed by atoms with Gasteiger partial charge in [-0.25, -0.2) is 5.43 Å². The lowest BCUT2D eigenvalue weighted by molar-refractivity contribution is 0.0955. The van der Waals surface area contributed by atoms with Crippen LogP contribution in [0.1, 0.15) is 29.3 Å². The maximum Gasteiger partial charge on any atom is 0.271 e. The molecule has 6 nitrogen and oxygen atoms in total. The average molecular weight is 468 g/mol. The molecule has 1 N–H and O–H groups in total. The van der Waals surface area contributed by atoms with Crippen molar-refractivity contribution in [2.45, 2.75) is 13.3 Å². The van der Waals surface area contributed by atoms with E-state index >= 15 is 0 Å². The van der Waals surface area contributed by atoms with Crippen LogP contribution in [-0.2, 0) is 0 Å². The molecule has 1 amide bonds. The monoisotopic (exact) mass is 468 g/mol. The molecule has 0 fully saturated rings. The van der Waals surface area contributed by atoms with Gasteiger partial charge in [-0.2, -0.15) is 5.10 Å². The molecule has 0 aliphatic rings. The number of nitrogens with one attached hydrogen (secondary N) is 1. The quantitative estimate of drug-likeness (QED) is 0.363. The Morgan fingerprint density at radius 3 is 2.54 bits per heavy atom. The van der Waals surface area contributed by atoms with Crippen LogP contribution in [-0.4, -0.2) is 32.9 Å². The number of ether oxygens (including phenoxy) is 3. The third-order valence-corrected chi connectivity index (χ3v) is 4.23. The summed E-state index contributed by atoms with van der Waals surface area (Å²) in [7, 11) is 3.16. The third kappa shape index (κ3) is 5.35. The average Bonchev–Trinajstić information content (AvgIpc) is 2.66. The van der Waals surface area contributed by atoms with Crippen LogP contribution in [0.15, 0.2) is 41.5 Å². The van der Waals surface area contributed by atoms with Crippen LogP contribution in [0.25, 0.3) is 0 Å². The number of halogens is 1. The van der Waals surface area contributed by atoms with E-state index in [1.54, 1.807) is 50.8 Å². The van der Waals surface area contributed by atoms with Gasteiger partial charge in [0.1, 0.15) is 5.75 Å². The van der Waals surface area contributed by atoms with Crippen molar-refractivity contribution >= 4 is 34.7 Å². The molecule has 0 unspecified atom stereocenters. The number of methoxy groups -OCH3 is 2. The molecule has 0 radical (unpaired) electrons. The maximum absolute atomic E-state index is 12.1. The van der Waals surface area contributed by atoms with Gasteiger partial charge < -0.3 is 14.2 Å². The van der Waals surface area contributed by atoms with Crippen LogP contribution >= 0.6 is 22.6 Å². The summed E-state index contributed by atoms with van der Waals surface area (Å²) in [4.78, 5) is 12.1. The number of hydrogen-bond acceptors (Lipinski definition) is 5. The third-order valence-electron chi connectivity index (χ3n) is 3.42. The SMILES string of the molecule is CCCOc1ccc(C(=O)N/N=C/c2cc(I)c(OC)c(OC)c2)cc1. The molecule has 0 aliphatic carbocycles. The second kappa shape index (κ2) is 10.0. The number of rotatable bonds is 8. The first-order chi connectivity index (χ1) is 12.6. The number of benzene rings is 2. The molecule has 0 aromatic heterocycles.